The first-order valence-electron chi connectivity index (χ1n) is 2.78. The molecule has 0 aromatic heterocycles. The van der Waals surface area contributed by atoms with E-state index >= 15 is 0 Å². The Morgan fingerprint density at radius 3 is 0.909 bits per heavy atom. The summed E-state index contributed by atoms with van der Waals surface area (Å²) in [5.41, 5.74) is 0. The predicted molar refractivity (Wildman–Crippen MR) is 37.1 cm³/mol. The minimum atomic E-state index is 0. The Labute approximate surface area is 68.2 Å². The molecular weight excluding hydrogens is 156 g/mol. The Balaban J connectivity index is -0.0000000300. The molecule has 0 radical (unpaired) electrons. The van der Waals surface area contributed by atoms with Crippen molar-refractivity contribution in [3.63, 3.8) is 0 Å². The van der Waals surface area contributed by atoms with Gasteiger partial charge in [0.25, 0.3) is 0 Å². The van der Waals surface area contributed by atoms with Gasteiger partial charge in [-0.3, -0.25) is 0 Å². The maximum Gasteiger partial charge on any atom is 3.00 e. The van der Waals surface area contributed by atoms with Gasteiger partial charge in [-0.05, 0) is 27.7 Å². The molecule has 0 aromatic carbocycles. The average molecular weight is 170 g/mol. The van der Waals surface area contributed by atoms with Crippen LogP contribution < -0.4 is 14.1 Å². The standard InChI is InChI=1S/C6H14O.B.3FH/c1-5(2)7-6(3)4;;;;/h5-6H,1-4H3;;3*1H/q;+3;;;/p-3. The molecular formula is C6H14BF3O. The molecule has 5 heteroatoms. The van der Waals surface area contributed by atoms with Crippen molar-refractivity contribution >= 4 is 8.41 Å². The number of ether oxygens (including phenoxy) is 1. The summed E-state index contributed by atoms with van der Waals surface area (Å²) in [5, 5.41) is 0. The van der Waals surface area contributed by atoms with Gasteiger partial charge in [0, 0.05) is 0 Å². The van der Waals surface area contributed by atoms with Gasteiger partial charge in [-0.25, -0.2) is 0 Å². The van der Waals surface area contributed by atoms with Gasteiger partial charge in [0.15, 0.2) is 0 Å². The predicted octanol–water partition coefficient (Wildman–Crippen LogP) is -7.55. The number of rotatable bonds is 2. The molecule has 11 heavy (non-hydrogen) atoms. The fraction of sp³-hybridized carbons (Fsp3) is 1.00. The summed E-state index contributed by atoms with van der Waals surface area (Å²) in [4.78, 5) is 0. The third-order valence-corrected chi connectivity index (χ3v) is 0.544. The SMILES string of the molecule is CC(C)OC(C)C.[B+3].[F-].[F-].[F-]. The van der Waals surface area contributed by atoms with E-state index in [-0.39, 0.29) is 22.5 Å². The Hall–Kier alpha value is -0.185. The molecule has 68 valence electrons. The first kappa shape index (κ1) is 30.8. The molecule has 0 aliphatic rings. The summed E-state index contributed by atoms with van der Waals surface area (Å²) < 4.78 is 5.25. The van der Waals surface area contributed by atoms with Gasteiger partial charge in [-0.2, -0.15) is 0 Å². The van der Waals surface area contributed by atoms with E-state index in [4.69, 9.17) is 4.74 Å². The number of hydrogen-bond acceptors (Lipinski definition) is 1. The van der Waals surface area contributed by atoms with E-state index in [0.29, 0.717) is 12.2 Å². The first-order valence-corrected chi connectivity index (χ1v) is 2.78. The van der Waals surface area contributed by atoms with Crippen molar-refractivity contribution in [3.8, 4) is 0 Å². The summed E-state index contributed by atoms with van der Waals surface area (Å²) >= 11 is 0. The quantitative estimate of drug-likeness (QED) is 0.374. The van der Waals surface area contributed by atoms with E-state index in [1.54, 1.807) is 0 Å². The van der Waals surface area contributed by atoms with Gasteiger partial charge in [0.05, 0.1) is 12.2 Å². The molecule has 0 atom stereocenters. The molecule has 0 aliphatic carbocycles. The van der Waals surface area contributed by atoms with Crippen LogP contribution in [0.3, 0.4) is 0 Å². The summed E-state index contributed by atoms with van der Waals surface area (Å²) in [6.45, 7) is 8.17. The largest absolute Gasteiger partial charge is 3.00 e. The van der Waals surface area contributed by atoms with Crippen LogP contribution in [0.5, 0.6) is 0 Å². The van der Waals surface area contributed by atoms with Crippen LogP contribution in [0, 0.1) is 0 Å². The van der Waals surface area contributed by atoms with Crippen LogP contribution in [0.2, 0.25) is 0 Å². The fourth-order valence-corrected chi connectivity index (χ4v) is 0.544. The van der Waals surface area contributed by atoms with E-state index in [0.717, 1.165) is 0 Å². The third-order valence-electron chi connectivity index (χ3n) is 0.544. The molecule has 0 saturated heterocycles. The van der Waals surface area contributed by atoms with E-state index in [2.05, 4.69) is 0 Å². The van der Waals surface area contributed by atoms with Crippen LogP contribution in [0.1, 0.15) is 27.7 Å². The summed E-state index contributed by atoms with van der Waals surface area (Å²) in [6, 6.07) is 0. The van der Waals surface area contributed by atoms with Crippen molar-refractivity contribution in [2.75, 3.05) is 0 Å². The van der Waals surface area contributed by atoms with Gasteiger partial charge >= 0.3 is 8.41 Å². The minimum absolute atomic E-state index is 0. The smallest absolute Gasteiger partial charge is 1.00 e. The molecule has 0 amide bonds. The minimum Gasteiger partial charge on any atom is -1.00 e. The molecule has 0 bridgehead atoms. The second-order valence-corrected chi connectivity index (χ2v) is 2.23. The first-order chi connectivity index (χ1) is 3.13. The van der Waals surface area contributed by atoms with E-state index in [1.165, 1.54) is 0 Å². The van der Waals surface area contributed by atoms with Gasteiger partial charge in [-0.1, -0.05) is 0 Å². The fourth-order valence-electron chi connectivity index (χ4n) is 0.544. The van der Waals surface area contributed by atoms with Gasteiger partial charge in [0.1, 0.15) is 0 Å². The van der Waals surface area contributed by atoms with Crippen molar-refractivity contribution in [3.05, 3.63) is 0 Å². The van der Waals surface area contributed by atoms with Crippen LogP contribution in [0.25, 0.3) is 0 Å². The summed E-state index contributed by atoms with van der Waals surface area (Å²) in [5.74, 6) is 0. The molecule has 0 aromatic rings. The molecule has 0 saturated carbocycles. The molecule has 0 fully saturated rings. The zero-order chi connectivity index (χ0) is 5.86. The van der Waals surface area contributed by atoms with Crippen LogP contribution in [-0.2, 0) is 4.74 Å². The third kappa shape index (κ3) is 41.2. The molecule has 0 aliphatic heterocycles. The maximum atomic E-state index is 5.25. The maximum absolute atomic E-state index is 5.25. The Kier molecular flexibility index (Phi) is 46.0. The molecule has 0 spiro atoms. The van der Waals surface area contributed by atoms with Crippen molar-refractivity contribution in [1.82, 2.24) is 0 Å². The molecule has 0 rings (SSSR count). The monoisotopic (exact) mass is 170 g/mol. The topological polar surface area (TPSA) is 9.23 Å². The van der Waals surface area contributed by atoms with Crippen LogP contribution in [0.4, 0.5) is 0 Å². The van der Waals surface area contributed by atoms with Crippen LogP contribution in [0.15, 0.2) is 0 Å². The molecule has 0 unspecified atom stereocenters. The number of hydrogen-bond donors (Lipinski definition) is 0. The van der Waals surface area contributed by atoms with E-state index < -0.39 is 0 Å². The van der Waals surface area contributed by atoms with Gasteiger partial charge in [-0.15, -0.1) is 0 Å². The van der Waals surface area contributed by atoms with Crippen molar-refractivity contribution in [2.45, 2.75) is 39.9 Å². The van der Waals surface area contributed by atoms with Crippen molar-refractivity contribution in [2.24, 2.45) is 0 Å². The Bertz CT molecular complexity index is 47.1. The second kappa shape index (κ2) is 16.4. The van der Waals surface area contributed by atoms with Crippen molar-refractivity contribution in [1.29, 1.82) is 0 Å². The number of halogens is 3. The normalized spacial score (nSPS) is 7.09. The molecule has 1 nitrogen and oxygen atoms in total. The van der Waals surface area contributed by atoms with Crippen LogP contribution >= 0.6 is 0 Å². The zero-order valence-electron chi connectivity index (χ0n) is 7.27. The molecule has 0 N–H and O–H groups in total. The second-order valence-electron chi connectivity index (χ2n) is 2.23. The zero-order valence-corrected chi connectivity index (χ0v) is 7.27. The Morgan fingerprint density at radius 2 is 0.909 bits per heavy atom. The summed E-state index contributed by atoms with van der Waals surface area (Å²) in [7, 11) is 0. The molecule has 0 heterocycles. The van der Waals surface area contributed by atoms with Crippen LogP contribution in [-0.4, -0.2) is 20.6 Å². The van der Waals surface area contributed by atoms with Gasteiger partial charge < -0.3 is 18.9 Å². The van der Waals surface area contributed by atoms with Crippen molar-refractivity contribution < 1.29 is 18.9 Å². The van der Waals surface area contributed by atoms with E-state index in [9.17, 15) is 0 Å². The summed E-state index contributed by atoms with van der Waals surface area (Å²) in [6.07, 6.45) is 0.750. The van der Waals surface area contributed by atoms with E-state index in [1.807, 2.05) is 27.7 Å². The Morgan fingerprint density at radius 1 is 0.727 bits per heavy atom. The van der Waals surface area contributed by atoms with Gasteiger partial charge in [0.2, 0.25) is 0 Å². The average Bonchev–Trinajstić information content (AvgIpc) is 1.27.